The van der Waals surface area contributed by atoms with Gasteiger partial charge in [-0.05, 0) is 31.0 Å². The molecule has 1 unspecified atom stereocenters. The van der Waals surface area contributed by atoms with Crippen LogP contribution in [0.5, 0.6) is 0 Å². The molecule has 0 fully saturated rings. The van der Waals surface area contributed by atoms with Gasteiger partial charge >= 0.3 is 0 Å². The Hall–Kier alpha value is -1.11. The number of ether oxygens (including phenoxy) is 1. The van der Waals surface area contributed by atoms with Crippen molar-refractivity contribution in [1.29, 1.82) is 0 Å². The molecular weight excluding hydrogens is 264 g/mol. The third-order valence-corrected chi connectivity index (χ3v) is 4.61. The van der Waals surface area contributed by atoms with Gasteiger partial charge in [0.25, 0.3) is 0 Å². The van der Waals surface area contributed by atoms with Crippen molar-refractivity contribution in [2.75, 3.05) is 19.5 Å². The smallest absolute Gasteiger partial charge is 0.241 e. The molecule has 6 heteroatoms. The van der Waals surface area contributed by atoms with E-state index < -0.39 is 10.0 Å². The quantitative estimate of drug-likeness (QED) is 0.747. The summed E-state index contributed by atoms with van der Waals surface area (Å²) in [7, 11) is -2.01. The number of benzene rings is 1. The highest BCUT2D eigenvalue weighted by atomic mass is 32.2. The van der Waals surface area contributed by atoms with Crippen molar-refractivity contribution in [1.82, 2.24) is 4.72 Å². The van der Waals surface area contributed by atoms with Gasteiger partial charge in [-0.2, -0.15) is 0 Å². The van der Waals surface area contributed by atoms with Crippen LogP contribution in [0.1, 0.15) is 25.3 Å². The van der Waals surface area contributed by atoms with E-state index in [1.54, 1.807) is 32.2 Å². The summed E-state index contributed by atoms with van der Waals surface area (Å²) in [5, 5.41) is 0. The van der Waals surface area contributed by atoms with Gasteiger partial charge in [0.15, 0.2) is 0 Å². The molecule has 5 nitrogen and oxygen atoms in total. The number of nitrogen functional groups attached to an aromatic ring is 1. The molecule has 19 heavy (non-hydrogen) atoms. The highest BCUT2D eigenvalue weighted by Crippen LogP contribution is 2.20. The topological polar surface area (TPSA) is 81.4 Å². The molecule has 3 N–H and O–H groups in total. The van der Waals surface area contributed by atoms with Crippen molar-refractivity contribution in [3.63, 3.8) is 0 Å². The summed E-state index contributed by atoms with van der Waals surface area (Å²) >= 11 is 0. The van der Waals surface area contributed by atoms with E-state index in [9.17, 15) is 8.42 Å². The summed E-state index contributed by atoms with van der Waals surface area (Å²) in [5.41, 5.74) is 6.79. The van der Waals surface area contributed by atoms with Crippen molar-refractivity contribution in [2.24, 2.45) is 0 Å². The Labute approximate surface area is 115 Å². The number of nitrogens with one attached hydrogen (secondary N) is 1. The highest BCUT2D eigenvalue weighted by Gasteiger charge is 2.21. The molecule has 0 aliphatic carbocycles. The van der Waals surface area contributed by atoms with Gasteiger partial charge in [0.2, 0.25) is 10.0 Å². The van der Waals surface area contributed by atoms with Gasteiger partial charge in [0, 0.05) is 18.8 Å². The molecule has 1 aromatic carbocycles. The van der Waals surface area contributed by atoms with Crippen LogP contribution in [0.25, 0.3) is 0 Å². The molecule has 1 aromatic rings. The molecule has 0 heterocycles. The second kappa shape index (κ2) is 6.88. The number of nitrogens with two attached hydrogens (primary N) is 1. The lowest BCUT2D eigenvalue weighted by atomic mass is 10.2. The van der Waals surface area contributed by atoms with Crippen molar-refractivity contribution >= 4 is 15.7 Å². The maximum atomic E-state index is 12.3. The first kappa shape index (κ1) is 15.9. The van der Waals surface area contributed by atoms with Crippen LogP contribution in [0.3, 0.4) is 0 Å². The molecule has 0 bridgehead atoms. The number of sulfonamides is 1. The van der Waals surface area contributed by atoms with Crippen LogP contribution < -0.4 is 10.5 Å². The minimum absolute atomic E-state index is 0.221. The monoisotopic (exact) mass is 286 g/mol. The number of hydrogen-bond acceptors (Lipinski definition) is 4. The molecule has 0 aliphatic heterocycles. The lowest BCUT2D eigenvalue weighted by Crippen LogP contribution is -2.38. The largest absolute Gasteiger partial charge is 0.398 e. The zero-order valence-corrected chi connectivity index (χ0v) is 12.5. The van der Waals surface area contributed by atoms with Crippen molar-refractivity contribution < 1.29 is 13.2 Å². The van der Waals surface area contributed by atoms with Crippen LogP contribution in [0.2, 0.25) is 0 Å². The zero-order valence-electron chi connectivity index (χ0n) is 11.6. The van der Waals surface area contributed by atoms with Crippen molar-refractivity contribution in [3.8, 4) is 0 Å². The molecule has 0 amide bonds. The molecular formula is C13H22N2O3S. The maximum Gasteiger partial charge on any atom is 0.241 e. The van der Waals surface area contributed by atoms with Gasteiger partial charge in [-0.3, -0.25) is 0 Å². The van der Waals surface area contributed by atoms with E-state index in [2.05, 4.69) is 4.72 Å². The molecule has 0 saturated heterocycles. The summed E-state index contributed by atoms with van der Waals surface area (Å²) in [5.74, 6) is 0. The zero-order chi connectivity index (χ0) is 14.5. The van der Waals surface area contributed by atoms with E-state index in [-0.39, 0.29) is 10.9 Å². The fourth-order valence-electron chi connectivity index (χ4n) is 1.93. The average molecular weight is 286 g/mol. The molecule has 108 valence electrons. The summed E-state index contributed by atoms with van der Waals surface area (Å²) in [6.07, 6.45) is 1.61. The number of methoxy groups -OCH3 is 1. The lowest BCUT2D eigenvalue weighted by molar-refractivity contribution is 0.171. The fourth-order valence-corrected chi connectivity index (χ4v) is 3.46. The Bertz CT molecular complexity index is 509. The second-order valence-electron chi connectivity index (χ2n) is 4.53. The molecule has 0 radical (unpaired) electrons. The molecule has 0 saturated carbocycles. The Morgan fingerprint density at radius 1 is 1.42 bits per heavy atom. The van der Waals surface area contributed by atoms with Gasteiger partial charge in [0.1, 0.15) is 0 Å². The van der Waals surface area contributed by atoms with Crippen molar-refractivity contribution in [2.45, 2.75) is 37.6 Å². The van der Waals surface area contributed by atoms with E-state index in [0.29, 0.717) is 17.9 Å². The van der Waals surface area contributed by atoms with Gasteiger partial charge < -0.3 is 10.5 Å². The molecule has 0 spiro atoms. The summed E-state index contributed by atoms with van der Waals surface area (Å²) in [6.45, 7) is 4.06. The minimum Gasteiger partial charge on any atom is -0.398 e. The molecule has 0 aromatic heterocycles. The third-order valence-electron chi connectivity index (χ3n) is 2.94. The normalized spacial score (nSPS) is 13.4. The van der Waals surface area contributed by atoms with Crippen LogP contribution >= 0.6 is 0 Å². The number of rotatable bonds is 7. The van der Waals surface area contributed by atoms with Crippen LogP contribution in [0.4, 0.5) is 5.69 Å². The average Bonchev–Trinajstić information content (AvgIpc) is 2.32. The summed E-state index contributed by atoms with van der Waals surface area (Å²) in [4.78, 5) is 0.227. The van der Waals surface area contributed by atoms with Gasteiger partial charge in [0.05, 0.1) is 11.5 Å². The van der Waals surface area contributed by atoms with E-state index in [4.69, 9.17) is 10.5 Å². The second-order valence-corrected chi connectivity index (χ2v) is 6.22. The Kier molecular flexibility index (Phi) is 5.78. The predicted molar refractivity (Wildman–Crippen MR) is 76.5 cm³/mol. The third kappa shape index (κ3) is 4.19. The Morgan fingerprint density at radius 3 is 2.68 bits per heavy atom. The lowest BCUT2D eigenvalue weighted by Gasteiger charge is -2.18. The SMILES string of the molecule is CCCC(COC)NS(=O)(=O)c1cccc(N)c1C. The summed E-state index contributed by atoms with van der Waals surface area (Å²) in [6, 6.07) is 4.67. The fraction of sp³-hybridized carbons (Fsp3) is 0.538. The van der Waals surface area contributed by atoms with Gasteiger partial charge in [-0.25, -0.2) is 13.1 Å². The predicted octanol–water partition coefficient (Wildman–Crippen LogP) is 1.67. The van der Waals surface area contributed by atoms with E-state index >= 15 is 0 Å². The van der Waals surface area contributed by atoms with E-state index in [0.717, 1.165) is 12.8 Å². The molecule has 1 atom stereocenters. The Balaban J connectivity index is 3.00. The number of hydrogen-bond donors (Lipinski definition) is 2. The minimum atomic E-state index is -3.57. The Morgan fingerprint density at radius 2 is 2.11 bits per heavy atom. The first-order chi connectivity index (χ1) is 8.92. The van der Waals surface area contributed by atoms with Crippen molar-refractivity contribution in [3.05, 3.63) is 23.8 Å². The summed E-state index contributed by atoms with van der Waals surface area (Å²) < 4.78 is 32.4. The first-order valence-corrected chi connectivity index (χ1v) is 7.77. The van der Waals surface area contributed by atoms with E-state index in [1.165, 1.54) is 0 Å². The highest BCUT2D eigenvalue weighted by molar-refractivity contribution is 7.89. The van der Waals surface area contributed by atoms with Crippen LogP contribution in [0.15, 0.2) is 23.1 Å². The van der Waals surface area contributed by atoms with Gasteiger partial charge in [-0.1, -0.05) is 19.4 Å². The molecule has 1 rings (SSSR count). The van der Waals surface area contributed by atoms with Gasteiger partial charge in [-0.15, -0.1) is 0 Å². The first-order valence-electron chi connectivity index (χ1n) is 6.28. The van der Waals surface area contributed by atoms with Crippen LogP contribution in [-0.2, 0) is 14.8 Å². The van der Waals surface area contributed by atoms with Crippen LogP contribution in [-0.4, -0.2) is 28.2 Å². The molecule has 0 aliphatic rings. The van der Waals surface area contributed by atoms with Crippen LogP contribution in [0, 0.1) is 6.92 Å². The standard InChI is InChI=1S/C13H22N2O3S/c1-4-6-11(9-18-3)15-19(16,17)13-8-5-7-12(14)10(13)2/h5,7-8,11,15H,4,6,9,14H2,1-3H3. The maximum absolute atomic E-state index is 12.3. The number of anilines is 1. The van der Waals surface area contributed by atoms with E-state index in [1.807, 2.05) is 6.92 Å².